The van der Waals surface area contributed by atoms with Gasteiger partial charge in [0.1, 0.15) is 0 Å². The molecule has 4 rings (SSSR count). The summed E-state index contributed by atoms with van der Waals surface area (Å²) in [4.78, 5) is 0. The summed E-state index contributed by atoms with van der Waals surface area (Å²) >= 11 is 0. The summed E-state index contributed by atoms with van der Waals surface area (Å²) in [5, 5.41) is 0. The monoisotopic (exact) mass is 430 g/mol. The number of ether oxygens (including phenoxy) is 1. The van der Waals surface area contributed by atoms with Gasteiger partial charge in [-0.25, -0.2) is 13.2 Å². The van der Waals surface area contributed by atoms with Gasteiger partial charge >= 0.3 is 0 Å². The molecule has 1 nitrogen and oxygen atoms in total. The number of hydrogen-bond donors (Lipinski definition) is 0. The van der Waals surface area contributed by atoms with Gasteiger partial charge in [0, 0.05) is 0 Å². The smallest absolute Gasteiger partial charge is 0.228 e. The van der Waals surface area contributed by atoms with Crippen LogP contribution in [0.2, 0.25) is 0 Å². The molecule has 0 unspecified atom stereocenters. The molecule has 0 aliphatic heterocycles. The van der Waals surface area contributed by atoms with Crippen LogP contribution in [0.3, 0.4) is 0 Å². The van der Waals surface area contributed by atoms with E-state index in [1.165, 1.54) is 75.5 Å². The third-order valence-electron chi connectivity index (χ3n) is 7.82. The molecular formula is C27H33F3O. The molecule has 2 fully saturated rings. The van der Waals surface area contributed by atoms with Gasteiger partial charge in [-0.3, -0.25) is 0 Å². The second kappa shape index (κ2) is 10.1. The van der Waals surface area contributed by atoms with Crippen LogP contribution in [0.15, 0.2) is 36.4 Å². The Labute approximate surface area is 184 Å². The average Bonchev–Trinajstić information content (AvgIpc) is 2.81. The molecule has 168 valence electrons. The standard InChI is InChI=1S/C27H33F3O/c1-2-18-3-5-19(6-4-18)20-7-9-21(10-8-20)22-11-13-23(14-12-22)24-15-25(29)27(31-17-28)26(30)16-24/h11-16,18-21H,2-10,17H2,1H3. The van der Waals surface area contributed by atoms with E-state index in [-0.39, 0.29) is 0 Å². The normalized spacial score (nSPS) is 26.6. The molecule has 2 saturated carbocycles. The zero-order chi connectivity index (χ0) is 21.8. The van der Waals surface area contributed by atoms with Crippen molar-refractivity contribution < 1.29 is 17.9 Å². The summed E-state index contributed by atoms with van der Waals surface area (Å²) < 4.78 is 44.8. The molecule has 2 aliphatic rings. The maximum Gasteiger partial charge on any atom is 0.228 e. The number of rotatable bonds is 6. The lowest BCUT2D eigenvalue weighted by Gasteiger charge is -2.38. The lowest BCUT2D eigenvalue weighted by molar-refractivity contribution is 0.158. The molecule has 0 saturated heterocycles. The summed E-state index contributed by atoms with van der Waals surface area (Å²) in [6, 6.07) is 10.4. The first-order valence-electron chi connectivity index (χ1n) is 11.9. The number of halogens is 3. The molecule has 0 N–H and O–H groups in total. The van der Waals surface area contributed by atoms with Crippen molar-refractivity contribution in [2.75, 3.05) is 6.86 Å². The topological polar surface area (TPSA) is 9.23 Å². The number of hydrogen-bond acceptors (Lipinski definition) is 1. The van der Waals surface area contributed by atoms with Crippen molar-refractivity contribution >= 4 is 0 Å². The Morgan fingerprint density at radius 2 is 1.32 bits per heavy atom. The highest BCUT2D eigenvalue weighted by atomic mass is 19.1. The second-order valence-electron chi connectivity index (χ2n) is 9.45. The van der Waals surface area contributed by atoms with E-state index < -0.39 is 24.2 Å². The summed E-state index contributed by atoms with van der Waals surface area (Å²) in [5.74, 6) is 0.921. The van der Waals surface area contributed by atoms with E-state index in [0.717, 1.165) is 23.3 Å². The van der Waals surface area contributed by atoms with Crippen molar-refractivity contribution in [1.29, 1.82) is 0 Å². The van der Waals surface area contributed by atoms with E-state index in [0.29, 0.717) is 11.5 Å². The van der Waals surface area contributed by atoms with Gasteiger partial charge in [-0.15, -0.1) is 0 Å². The van der Waals surface area contributed by atoms with Gasteiger partial charge in [0.2, 0.25) is 6.86 Å². The first kappa shape index (κ1) is 22.2. The Hall–Kier alpha value is -1.97. The van der Waals surface area contributed by atoms with E-state index in [2.05, 4.69) is 23.8 Å². The molecule has 0 atom stereocenters. The fourth-order valence-electron chi connectivity index (χ4n) is 5.86. The largest absolute Gasteiger partial charge is 0.457 e. The van der Waals surface area contributed by atoms with Crippen LogP contribution in [0, 0.1) is 29.4 Å². The molecule has 0 heterocycles. The average molecular weight is 431 g/mol. The van der Waals surface area contributed by atoms with Crippen molar-refractivity contribution in [3.05, 3.63) is 53.6 Å². The Kier molecular flexibility index (Phi) is 7.24. The van der Waals surface area contributed by atoms with Crippen LogP contribution >= 0.6 is 0 Å². The van der Waals surface area contributed by atoms with Crippen molar-refractivity contribution in [2.24, 2.45) is 17.8 Å². The van der Waals surface area contributed by atoms with Crippen LogP contribution in [0.5, 0.6) is 5.75 Å². The fraction of sp³-hybridized carbons (Fsp3) is 0.556. The third-order valence-corrected chi connectivity index (χ3v) is 7.82. The molecule has 2 aromatic carbocycles. The maximum absolute atomic E-state index is 14.1. The molecule has 0 amide bonds. The van der Waals surface area contributed by atoms with Crippen LogP contribution in [-0.4, -0.2) is 6.86 Å². The highest BCUT2D eigenvalue weighted by molar-refractivity contribution is 5.65. The van der Waals surface area contributed by atoms with E-state index in [4.69, 9.17) is 0 Å². The second-order valence-corrected chi connectivity index (χ2v) is 9.45. The van der Waals surface area contributed by atoms with E-state index in [1.807, 2.05) is 12.1 Å². The third kappa shape index (κ3) is 5.10. The SMILES string of the molecule is CCC1CCC(C2CCC(c3ccc(-c4cc(F)c(OCF)c(F)c4)cc3)CC2)CC1. The minimum Gasteiger partial charge on any atom is -0.457 e. The fourth-order valence-corrected chi connectivity index (χ4v) is 5.86. The molecule has 2 aliphatic carbocycles. The highest BCUT2D eigenvalue weighted by Gasteiger charge is 2.30. The van der Waals surface area contributed by atoms with Gasteiger partial charge < -0.3 is 4.74 Å². The van der Waals surface area contributed by atoms with Crippen molar-refractivity contribution in [3.8, 4) is 16.9 Å². The summed E-state index contributed by atoms with van der Waals surface area (Å²) in [6.07, 6.45) is 12.1. The lowest BCUT2D eigenvalue weighted by Crippen LogP contribution is -2.25. The minimum atomic E-state index is -1.26. The zero-order valence-corrected chi connectivity index (χ0v) is 18.4. The van der Waals surface area contributed by atoms with E-state index in [9.17, 15) is 13.2 Å². The number of alkyl halides is 1. The van der Waals surface area contributed by atoms with Gasteiger partial charge in [-0.1, -0.05) is 50.5 Å². The van der Waals surface area contributed by atoms with E-state index >= 15 is 0 Å². The Morgan fingerprint density at radius 3 is 1.84 bits per heavy atom. The maximum atomic E-state index is 14.1. The van der Waals surface area contributed by atoms with Crippen LogP contribution in [0.4, 0.5) is 13.2 Å². The van der Waals surface area contributed by atoms with Crippen molar-refractivity contribution in [3.63, 3.8) is 0 Å². The molecule has 0 aromatic heterocycles. The summed E-state index contributed by atoms with van der Waals surface area (Å²) in [6.45, 7) is 1.06. The highest BCUT2D eigenvalue weighted by Crippen LogP contribution is 2.44. The first-order valence-corrected chi connectivity index (χ1v) is 11.9. The minimum absolute atomic E-state index is 0.430. The molecule has 0 spiro atoms. The molecular weight excluding hydrogens is 397 g/mol. The van der Waals surface area contributed by atoms with Gasteiger partial charge in [0.15, 0.2) is 17.4 Å². The van der Waals surface area contributed by atoms with Gasteiger partial charge in [-0.05, 0) is 91.0 Å². The molecule has 0 bridgehead atoms. The quantitative estimate of drug-likeness (QED) is 0.447. The summed E-state index contributed by atoms with van der Waals surface area (Å²) in [7, 11) is 0. The summed E-state index contributed by atoms with van der Waals surface area (Å²) in [5.41, 5.74) is 2.49. The first-order chi connectivity index (χ1) is 15.1. The Balaban J connectivity index is 1.36. The van der Waals surface area contributed by atoms with E-state index in [1.54, 1.807) is 0 Å². The van der Waals surface area contributed by atoms with Crippen LogP contribution in [0.1, 0.15) is 76.2 Å². The van der Waals surface area contributed by atoms with Gasteiger partial charge in [0.25, 0.3) is 0 Å². The lowest BCUT2D eigenvalue weighted by atomic mass is 9.68. The van der Waals surface area contributed by atoms with Crippen LogP contribution in [0.25, 0.3) is 11.1 Å². The van der Waals surface area contributed by atoms with Gasteiger partial charge in [-0.2, -0.15) is 0 Å². The van der Waals surface area contributed by atoms with Crippen molar-refractivity contribution in [2.45, 2.75) is 70.6 Å². The molecule has 0 radical (unpaired) electrons. The van der Waals surface area contributed by atoms with Gasteiger partial charge in [0.05, 0.1) is 0 Å². The Morgan fingerprint density at radius 1 is 0.774 bits per heavy atom. The van der Waals surface area contributed by atoms with Crippen LogP contribution in [-0.2, 0) is 0 Å². The molecule has 2 aromatic rings. The Bertz CT molecular complexity index is 824. The van der Waals surface area contributed by atoms with Crippen LogP contribution < -0.4 is 4.74 Å². The molecule has 4 heteroatoms. The van der Waals surface area contributed by atoms with Crippen molar-refractivity contribution in [1.82, 2.24) is 0 Å². The predicted molar refractivity (Wildman–Crippen MR) is 119 cm³/mol. The molecule has 31 heavy (non-hydrogen) atoms. The zero-order valence-electron chi connectivity index (χ0n) is 18.4. The number of benzene rings is 2. The predicted octanol–water partition coefficient (Wildman–Crippen LogP) is 8.43.